The summed E-state index contributed by atoms with van der Waals surface area (Å²) in [5, 5.41) is 24.5. The molecule has 5 atom stereocenters. The van der Waals surface area contributed by atoms with E-state index >= 15 is 0 Å². The lowest BCUT2D eigenvalue weighted by Gasteiger charge is -2.42. The number of carbonyl (C=O) groups is 2. The Morgan fingerprint density at radius 2 is 1.22 bits per heavy atom. The van der Waals surface area contributed by atoms with Crippen LogP contribution in [0.3, 0.4) is 0 Å². The Morgan fingerprint density at radius 3 is 1.81 bits per heavy atom. The summed E-state index contributed by atoms with van der Waals surface area (Å²) in [4.78, 5) is 63.8. The molecular formula is C66H75FN14O4. The second kappa shape index (κ2) is 24.3. The number of carbonyl (C=O) groups excluding carboxylic acids is 2. The van der Waals surface area contributed by atoms with Crippen molar-refractivity contribution in [3.8, 4) is 24.2 Å². The number of nitrogens with zero attached hydrogens (tertiary/aromatic N) is 14. The van der Waals surface area contributed by atoms with Crippen molar-refractivity contribution in [1.82, 2.24) is 39.5 Å². The van der Waals surface area contributed by atoms with E-state index in [1.54, 1.807) is 4.90 Å². The molecule has 0 saturated carbocycles. The number of likely N-dealkylation sites (tertiary alicyclic amines) is 2. The van der Waals surface area contributed by atoms with Crippen LogP contribution in [0.5, 0.6) is 12.0 Å². The summed E-state index contributed by atoms with van der Waals surface area (Å²) in [5.41, 5.74) is 9.82. The van der Waals surface area contributed by atoms with Crippen molar-refractivity contribution >= 4 is 56.4 Å². The molecule has 1 unspecified atom stereocenters. The van der Waals surface area contributed by atoms with E-state index in [0.717, 1.165) is 85.0 Å². The number of halogens is 1. The highest BCUT2D eigenvalue weighted by atomic mass is 19.1. The van der Waals surface area contributed by atoms with Gasteiger partial charge in [-0.3, -0.25) is 14.5 Å². The number of rotatable bonds is 15. The second-order valence-electron chi connectivity index (χ2n) is 23.9. The Hall–Kier alpha value is -8.39. The third-order valence-corrected chi connectivity index (χ3v) is 18.9. The minimum atomic E-state index is -1.03. The first kappa shape index (κ1) is 57.1. The van der Waals surface area contributed by atoms with E-state index in [4.69, 9.17) is 29.4 Å². The monoisotopic (exact) mass is 1150 g/mol. The molecule has 0 aliphatic carbocycles. The standard InChI is InChI=1S/C66H75FN14O4/c1-7-59(82)80-32-30-78(36-48(80)21-25-68)62-52-23-28-76(57-18-10-15-45-14-8-12-42(2)60(45)57)38-54(52)70-66(73-62)85-41-51-19-20-56(75(51)6)47-34-46-16-9-13-43(3)61(46)58(35-47)77-29-24-53-55(39-77)71-65(84-40-50-17-11-27-74(50)5)72-63(53)79-31-33-81(64(83)44(4)67)49(37-79)22-26-69/h7-10,12-16,18,34-35,48-51,56H,1,4,11,17,19-24,27-33,36-41H2,2-3,5-6H3/t48-,49-,50-,51-,56?/m0/s1. The lowest BCUT2D eigenvalue weighted by molar-refractivity contribution is -0.131. The topological polar surface area (TPSA) is 178 Å². The third-order valence-electron chi connectivity index (χ3n) is 18.9. The van der Waals surface area contributed by atoms with Crippen LogP contribution in [0.2, 0.25) is 0 Å². The number of amides is 2. The fraction of sp³-hybridized carbons (Fsp3) is 0.455. The Bertz CT molecular complexity index is 3670. The van der Waals surface area contributed by atoms with E-state index < -0.39 is 17.8 Å². The highest BCUT2D eigenvalue weighted by molar-refractivity contribution is 5.98. The molecule has 4 fully saturated rings. The van der Waals surface area contributed by atoms with Crippen molar-refractivity contribution in [1.29, 1.82) is 10.5 Å². The van der Waals surface area contributed by atoms with Gasteiger partial charge in [0.25, 0.3) is 5.91 Å². The van der Waals surface area contributed by atoms with Crippen molar-refractivity contribution < 1.29 is 23.5 Å². The zero-order chi connectivity index (χ0) is 59.0. The molecule has 0 bridgehead atoms. The summed E-state index contributed by atoms with van der Waals surface area (Å²) in [6, 6.07) is 28.9. The van der Waals surface area contributed by atoms with Gasteiger partial charge in [-0.15, -0.1) is 0 Å². The summed E-state index contributed by atoms with van der Waals surface area (Å²) < 4.78 is 27.5. The van der Waals surface area contributed by atoms with Crippen molar-refractivity contribution in [3.05, 3.63) is 131 Å². The summed E-state index contributed by atoms with van der Waals surface area (Å²) in [5.74, 6) is -0.438. The smallest absolute Gasteiger partial charge is 0.318 e. The first-order valence-corrected chi connectivity index (χ1v) is 30.1. The van der Waals surface area contributed by atoms with Gasteiger partial charge in [0.1, 0.15) is 24.8 Å². The molecule has 8 heterocycles. The third kappa shape index (κ3) is 11.3. The Labute approximate surface area is 497 Å². The van der Waals surface area contributed by atoms with Crippen molar-refractivity contribution in [3.63, 3.8) is 0 Å². The second-order valence-corrected chi connectivity index (χ2v) is 23.9. The van der Waals surface area contributed by atoms with E-state index in [1.807, 2.05) is 0 Å². The van der Waals surface area contributed by atoms with Crippen molar-refractivity contribution in [2.45, 2.75) is 109 Å². The first-order chi connectivity index (χ1) is 41.3. The van der Waals surface area contributed by atoms with E-state index in [2.05, 4.69) is 149 Å². The molecular weight excluding hydrogens is 1070 g/mol. The van der Waals surface area contributed by atoms with Crippen LogP contribution in [-0.2, 0) is 35.5 Å². The van der Waals surface area contributed by atoms with E-state index in [9.17, 15) is 24.5 Å². The van der Waals surface area contributed by atoms with Crippen LogP contribution in [0.15, 0.2) is 91.8 Å². The lowest BCUT2D eigenvalue weighted by Crippen LogP contribution is -2.55. The van der Waals surface area contributed by atoms with Gasteiger partial charge in [0.15, 0.2) is 5.83 Å². The molecule has 6 aliphatic heterocycles. The quantitative estimate of drug-likeness (QED) is 0.0893. The van der Waals surface area contributed by atoms with Gasteiger partial charge >= 0.3 is 12.0 Å². The molecule has 2 aromatic heterocycles. The predicted octanol–water partition coefficient (Wildman–Crippen LogP) is 8.53. The molecule has 18 nitrogen and oxygen atoms in total. The fourth-order valence-electron chi connectivity index (χ4n) is 14.3. The van der Waals surface area contributed by atoms with E-state index in [0.29, 0.717) is 84.0 Å². The molecule has 2 amide bonds. The maximum absolute atomic E-state index is 14.3. The summed E-state index contributed by atoms with van der Waals surface area (Å²) in [6.45, 7) is 18.2. The molecule has 85 heavy (non-hydrogen) atoms. The Morgan fingerprint density at radius 1 is 0.659 bits per heavy atom. The number of benzene rings is 4. The predicted molar refractivity (Wildman–Crippen MR) is 327 cm³/mol. The fourth-order valence-corrected chi connectivity index (χ4v) is 14.3. The maximum Gasteiger partial charge on any atom is 0.318 e. The number of aromatic nitrogens is 4. The van der Waals surface area contributed by atoms with Crippen LogP contribution in [0.25, 0.3) is 21.5 Å². The highest BCUT2D eigenvalue weighted by Gasteiger charge is 2.39. The van der Waals surface area contributed by atoms with Gasteiger partial charge in [-0.25, -0.2) is 4.39 Å². The molecule has 19 heteroatoms. The van der Waals surface area contributed by atoms with Crippen LogP contribution >= 0.6 is 0 Å². The van der Waals surface area contributed by atoms with Crippen LogP contribution < -0.4 is 29.1 Å². The molecule has 0 radical (unpaired) electrons. The SMILES string of the molecule is C=CC(=O)N1CCN(c2nc(OC[C@@H]3CCC(c4cc(N5CCc6c(nc(OC[C@@H]7CCCN7C)nc6N6CCN(C(=O)C(=C)F)[C@@H](CC#N)C6)C5)c5c(C)cccc5c4)N3C)nc3c2CCN(c2cccc4cccc(C)c24)C3)C[C@@H]1CC#N. The van der Waals surface area contributed by atoms with Gasteiger partial charge in [-0.1, -0.05) is 61.7 Å². The number of hydrogen-bond acceptors (Lipinski definition) is 16. The molecule has 0 N–H and O–H groups in total. The number of anilines is 4. The number of piperazine rings is 2. The molecule has 12 rings (SSSR count). The van der Waals surface area contributed by atoms with Gasteiger partial charge in [-0.2, -0.15) is 30.5 Å². The number of likely N-dealkylation sites (N-methyl/N-ethyl adjacent to an activating group) is 2. The number of fused-ring (bicyclic) bond motifs is 4. The summed E-state index contributed by atoms with van der Waals surface area (Å²) in [6.07, 6.45) is 6.91. The maximum atomic E-state index is 14.3. The average Bonchev–Trinajstić information content (AvgIpc) is 2.19. The average molecular weight is 1150 g/mol. The van der Waals surface area contributed by atoms with Crippen LogP contribution in [0.1, 0.15) is 83.8 Å². The largest absolute Gasteiger partial charge is 0.462 e. The molecule has 440 valence electrons. The first-order valence-electron chi connectivity index (χ1n) is 30.1. The Kier molecular flexibility index (Phi) is 16.3. The molecule has 4 saturated heterocycles. The van der Waals surface area contributed by atoms with Gasteiger partial charge in [0, 0.05) is 104 Å². The van der Waals surface area contributed by atoms with E-state index in [-0.39, 0.29) is 49.5 Å². The van der Waals surface area contributed by atoms with Crippen LogP contribution in [0.4, 0.5) is 27.4 Å². The number of aryl methyl sites for hydroxylation is 2. The van der Waals surface area contributed by atoms with Crippen molar-refractivity contribution in [2.24, 2.45) is 0 Å². The minimum Gasteiger partial charge on any atom is -0.462 e. The van der Waals surface area contributed by atoms with Crippen LogP contribution in [0, 0.1) is 36.5 Å². The highest BCUT2D eigenvalue weighted by Crippen LogP contribution is 2.43. The zero-order valence-electron chi connectivity index (χ0n) is 49.4. The molecule has 0 spiro atoms. The molecule has 6 aromatic rings. The number of nitriles is 2. The summed E-state index contributed by atoms with van der Waals surface area (Å²) in [7, 11) is 4.31. The number of hydrogen-bond donors (Lipinski definition) is 0. The summed E-state index contributed by atoms with van der Waals surface area (Å²) >= 11 is 0. The van der Waals surface area contributed by atoms with E-state index in [1.165, 1.54) is 54.9 Å². The van der Waals surface area contributed by atoms with Gasteiger partial charge in [0.05, 0.1) is 61.5 Å². The Balaban J connectivity index is 0.818. The lowest BCUT2D eigenvalue weighted by atomic mass is 9.94. The zero-order valence-corrected chi connectivity index (χ0v) is 49.4. The number of ether oxygens (including phenoxy) is 2. The minimum absolute atomic E-state index is 0.0453. The van der Waals surface area contributed by atoms with Gasteiger partial charge in [-0.05, 0) is 125 Å². The molecule has 6 aliphatic rings. The van der Waals surface area contributed by atoms with Crippen LogP contribution in [-0.4, -0.2) is 162 Å². The van der Waals surface area contributed by atoms with Crippen molar-refractivity contribution in [2.75, 3.05) is 106 Å². The normalized spacial score (nSPS) is 21.8. The molecule has 4 aromatic carbocycles. The van der Waals surface area contributed by atoms with Gasteiger partial charge < -0.3 is 43.8 Å². The van der Waals surface area contributed by atoms with Gasteiger partial charge in [0.2, 0.25) is 5.91 Å².